The van der Waals surface area contributed by atoms with Crippen LogP contribution in [-0.2, 0) is 17.8 Å². The number of carbonyl (C=O) groups is 1. The average Bonchev–Trinajstić information content (AvgIpc) is 3.45. The highest BCUT2D eigenvalue weighted by Gasteiger charge is 2.17. The molecule has 2 aliphatic heterocycles. The molecule has 4 heterocycles. The van der Waals surface area contributed by atoms with Crippen molar-refractivity contribution in [2.24, 2.45) is 0 Å². The highest BCUT2D eigenvalue weighted by molar-refractivity contribution is 5.78. The van der Waals surface area contributed by atoms with Crippen LogP contribution in [0.5, 0.6) is 11.5 Å². The van der Waals surface area contributed by atoms with Gasteiger partial charge in [-0.25, -0.2) is 0 Å². The molecule has 1 amide bonds. The maximum Gasteiger partial charge on any atom is 0.231 e. The maximum absolute atomic E-state index is 12.4. The number of ether oxygens (including phenoxy) is 2. The molecule has 144 valence electrons. The zero-order valence-corrected chi connectivity index (χ0v) is 15.3. The summed E-state index contributed by atoms with van der Waals surface area (Å²) < 4.78 is 12.3. The summed E-state index contributed by atoms with van der Waals surface area (Å²) in [5.41, 5.74) is 1.53. The molecule has 0 bridgehead atoms. The summed E-state index contributed by atoms with van der Waals surface area (Å²) in [4.78, 5) is 14.6. The van der Waals surface area contributed by atoms with E-state index in [1.54, 1.807) is 4.52 Å². The number of amides is 1. The monoisotopic (exact) mass is 380 g/mol. The number of hydrogen-bond donors (Lipinski definition) is 1. The maximum atomic E-state index is 12.4. The SMILES string of the molecule is O=C(Cc1ccc2c(c1)OCO2)NCc1nnc2ccc(N3CCCC3)nn12. The molecule has 0 radical (unpaired) electrons. The fourth-order valence-electron chi connectivity index (χ4n) is 3.53. The minimum absolute atomic E-state index is 0.105. The molecular formula is C19H20N6O3. The van der Waals surface area contributed by atoms with Crippen molar-refractivity contribution in [3.05, 3.63) is 41.7 Å². The molecule has 0 saturated carbocycles. The molecule has 2 aromatic heterocycles. The van der Waals surface area contributed by atoms with Crippen molar-refractivity contribution >= 4 is 17.4 Å². The van der Waals surface area contributed by atoms with E-state index in [1.807, 2.05) is 30.3 Å². The number of aromatic nitrogens is 4. The lowest BCUT2D eigenvalue weighted by Gasteiger charge is -2.15. The van der Waals surface area contributed by atoms with Gasteiger partial charge in [0.2, 0.25) is 12.7 Å². The number of nitrogens with zero attached hydrogens (tertiary/aromatic N) is 5. The van der Waals surface area contributed by atoms with Crippen molar-refractivity contribution in [3.8, 4) is 11.5 Å². The highest BCUT2D eigenvalue weighted by atomic mass is 16.7. The third kappa shape index (κ3) is 3.19. The van der Waals surface area contributed by atoms with E-state index in [2.05, 4.69) is 25.5 Å². The van der Waals surface area contributed by atoms with Crippen LogP contribution in [0.25, 0.3) is 5.65 Å². The molecular weight excluding hydrogens is 360 g/mol. The van der Waals surface area contributed by atoms with Gasteiger partial charge in [-0.15, -0.1) is 15.3 Å². The van der Waals surface area contributed by atoms with E-state index >= 15 is 0 Å². The summed E-state index contributed by atoms with van der Waals surface area (Å²) in [6, 6.07) is 9.39. The van der Waals surface area contributed by atoms with Gasteiger partial charge in [-0.2, -0.15) is 4.52 Å². The van der Waals surface area contributed by atoms with Crippen molar-refractivity contribution in [1.29, 1.82) is 0 Å². The second-order valence-electron chi connectivity index (χ2n) is 6.91. The van der Waals surface area contributed by atoms with Crippen LogP contribution in [0, 0.1) is 0 Å². The predicted octanol–water partition coefficient (Wildman–Crippen LogP) is 1.31. The Labute approximate surface area is 161 Å². The lowest BCUT2D eigenvalue weighted by Crippen LogP contribution is -2.26. The Bertz CT molecular complexity index is 1030. The van der Waals surface area contributed by atoms with E-state index in [4.69, 9.17) is 9.47 Å². The van der Waals surface area contributed by atoms with E-state index < -0.39 is 0 Å². The first-order valence-electron chi connectivity index (χ1n) is 9.38. The van der Waals surface area contributed by atoms with Crippen LogP contribution in [0.3, 0.4) is 0 Å². The lowest BCUT2D eigenvalue weighted by molar-refractivity contribution is -0.120. The number of carbonyl (C=O) groups excluding carboxylic acids is 1. The first kappa shape index (κ1) is 16.8. The number of benzene rings is 1. The molecule has 0 spiro atoms. The number of fused-ring (bicyclic) bond motifs is 2. The van der Waals surface area contributed by atoms with Gasteiger partial charge in [0.15, 0.2) is 23.0 Å². The molecule has 0 aliphatic carbocycles. The van der Waals surface area contributed by atoms with Crippen molar-refractivity contribution in [3.63, 3.8) is 0 Å². The van der Waals surface area contributed by atoms with Crippen LogP contribution in [0.15, 0.2) is 30.3 Å². The first-order chi connectivity index (χ1) is 13.8. The number of anilines is 1. The molecule has 2 aliphatic rings. The third-order valence-electron chi connectivity index (χ3n) is 4.99. The van der Waals surface area contributed by atoms with Gasteiger partial charge in [-0.1, -0.05) is 6.07 Å². The van der Waals surface area contributed by atoms with Crippen molar-refractivity contribution < 1.29 is 14.3 Å². The van der Waals surface area contributed by atoms with Gasteiger partial charge in [-0.3, -0.25) is 4.79 Å². The first-order valence-corrected chi connectivity index (χ1v) is 9.38. The molecule has 9 nitrogen and oxygen atoms in total. The van der Waals surface area contributed by atoms with Gasteiger partial charge in [-0.05, 0) is 42.7 Å². The summed E-state index contributed by atoms with van der Waals surface area (Å²) >= 11 is 0. The number of nitrogens with one attached hydrogen (secondary N) is 1. The smallest absolute Gasteiger partial charge is 0.231 e. The zero-order chi connectivity index (χ0) is 18.9. The van der Waals surface area contributed by atoms with Crippen molar-refractivity contribution in [2.75, 3.05) is 24.8 Å². The van der Waals surface area contributed by atoms with Crippen LogP contribution in [0.1, 0.15) is 24.2 Å². The molecule has 1 saturated heterocycles. The summed E-state index contributed by atoms with van der Waals surface area (Å²) in [5.74, 6) is 2.80. The second-order valence-corrected chi connectivity index (χ2v) is 6.91. The molecule has 1 fully saturated rings. The van der Waals surface area contributed by atoms with E-state index in [0.717, 1.165) is 24.5 Å². The van der Waals surface area contributed by atoms with Gasteiger partial charge in [0, 0.05) is 13.1 Å². The molecule has 0 atom stereocenters. The minimum Gasteiger partial charge on any atom is -0.454 e. The molecule has 0 unspecified atom stereocenters. The number of rotatable bonds is 5. The van der Waals surface area contributed by atoms with E-state index in [0.29, 0.717) is 23.0 Å². The Hall–Kier alpha value is -3.36. The van der Waals surface area contributed by atoms with Gasteiger partial charge in [0.05, 0.1) is 13.0 Å². The van der Waals surface area contributed by atoms with Crippen LogP contribution < -0.4 is 19.7 Å². The normalized spacial score (nSPS) is 15.4. The van der Waals surface area contributed by atoms with Gasteiger partial charge < -0.3 is 19.7 Å². The Morgan fingerprint density at radius 2 is 1.93 bits per heavy atom. The fraction of sp³-hybridized carbons (Fsp3) is 0.368. The Kier molecular flexibility index (Phi) is 4.19. The summed E-state index contributed by atoms with van der Waals surface area (Å²) in [7, 11) is 0. The average molecular weight is 380 g/mol. The molecule has 28 heavy (non-hydrogen) atoms. The molecule has 9 heteroatoms. The van der Waals surface area contributed by atoms with Crippen LogP contribution >= 0.6 is 0 Å². The molecule has 1 N–H and O–H groups in total. The minimum atomic E-state index is -0.105. The third-order valence-corrected chi connectivity index (χ3v) is 4.99. The Balaban J connectivity index is 1.26. The largest absolute Gasteiger partial charge is 0.454 e. The van der Waals surface area contributed by atoms with Gasteiger partial charge in [0.25, 0.3) is 0 Å². The number of hydrogen-bond acceptors (Lipinski definition) is 7. The van der Waals surface area contributed by atoms with Crippen LogP contribution in [0.2, 0.25) is 0 Å². The van der Waals surface area contributed by atoms with Crippen LogP contribution in [0.4, 0.5) is 5.82 Å². The Morgan fingerprint density at radius 3 is 2.82 bits per heavy atom. The standard InChI is InChI=1S/C19H20N6O3/c26-19(10-13-3-4-14-15(9-13)28-12-27-14)20-11-18-22-21-16-5-6-17(23-25(16)18)24-7-1-2-8-24/h3-6,9H,1-2,7-8,10-12H2,(H,20,26). The summed E-state index contributed by atoms with van der Waals surface area (Å²) in [5, 5.41) is 15.9. The van der Waals surface area contributed by atoms with E-state index in [-0.39, 0.29) is 25.7 Å². The predicted molar refractivity (Wildman–Crippen MR) is 100 cm³/mol. The van der Waals surface area contributed by atoms with E-state index in [1.165, 1.54) is 12.8 Å². The lowest BCUT2D eigenvalue weighted by atomic mass is 10.1. The topological polar surface area (TPSA) is 93.9 Å². The van der Waals surface area contributed by atoms with Crippen LogP contribution in [-0.4, -0.2) is 45.6 Å². The van der Waals surface area contributed by atoms with Crippen molar-refractivity contribution in [2.45, 2.75) is 25.8 Å². The fourth-order valence-corrected chi connectivity index (χ4v) is 3.53. The van der Waals surface area contributed by atoms with Crippen molar-refractivity contribution in [1.82, 2.24) is 25.1 Å². The highest BCUT2D eigenvalue weighted by Crippen LogP contribution is 2.32. The molecule has 5 rings (SSSR count). The van der Waals surface area contributed by atoms with Gasteiger partial charge in [0.1, 0.15) is 5.82 Å². The van der Waals surface area contributed by atoms with E-state index in [9.17, 15) is 4.79 Å². The molecule has 1 aromatic carbocycles. The summed E-state index contributed by atoms with van der Waals surface area (Å²) in [6.07, 6.45) is 2.62. The molecule has 3 aromatic rings. The second kappa shape index (κ2) is 6.99. The summed E-state index contributed by atoms with van der Waals surface area (Å²) in [6.45, 7) is 2.52. The quantitative estimate of drug-likeness (QED) is 0.713. The Morgan fingerprint density at radius 1 is 1.07 bits per heavy atom. The van der Waals surface area contributed by atoms with Gasteiger partial charge >= 0.3 is 0 Å². The zero-order valence-electron chi connectivity index (χ0n) is 15.3.